The molecular weight excluding hydrogens is 408 g/mol. The Hall–Kier alpha value is -1.73. The number of aliphatic hydroxyl groups excluding tert-OH is 1. The number of hydrogen-bond donors (Lipinski definition) is 3. The molecule has 0 unspecified atom stereocenters. The summed E-state index contributed by atoms with van der Waals surface area (Å²) in [4.78, 5) is 33.6. The maximum atomic E-state index is 11.5. The molecule has 1 aromatic rings. The second-order valence-corrected chi connectivity index (χ2v) is 7.79. The maximum absolute atomic E-state index is 11.5. The molecule has 188 valence electrons. The normalized spacial score (nSPS) is 10.3. The van der Waals surface area contributed by atoms with E-state index in [1.165, 1.54) is 51.4 Å². The number of carbonyl (C=O) groups is 1. The Morgan fingerprint density at radius 2 is 1.28 bits per heavy atom. The number of nitrogens with zero attached hydrogens (tertiary/aromatic N) is 1. The summed E-state index contributed by atoms with van der Waals surface area (Å²) < 4.78 is 0. The molecule has 0 amide bonds. The van der Waals surface area contributed by atoms with Crippen LogP contribution in [0.1, 0.15) is 97.0 Å². The molecule has 0 bridgehead atoms. The van der Waals surface area contributed by atoms with Crippen molar-refractivity contribution in [2.45, 2.75) is 98.3 Å². The summed E-state index contributed by atoms with van der Waals surface area (Å²) in [5.74, 6) is 0. The average molecular weight is 457 g/mol. The first-order valence-corrected chi connectivity index (χ1v) is 12.5. The molecule has 7 heteroatoms. The summed E-state index contributed by atoms with van der Waals surface area (Å²) in [5.41, 5.74) is 0.393. The molecule has 0 atom stereocenters. The van der Waals surface area contributed by atoms with Crippen LogP contribution in [0.25, 0.3) is 0 Å². The standard InChI is InChI=1S/C22H40N2O3.C2H6.CH2O2/c1-3-4-5-6-7-10-15-24(16-11-8-9-12-18-25)17-13-14-23-20-19(2)21(26)22(20)27;1-2;2-1-3/h23,25H,3-18H2,1-2H3;1-2H3;1H,(H,2,3). The lowest BCUT2D eigenvalue weighted by atomic mass is 10.1. The minimum absolute atomic E-state index is 0.250. The smallest absolute Gasteiger partial charge is 0.290 e. The Balaban J connectivity index is 0. The van der Waals surface area contributed by atoms with Crippen LogP contribution in [0.2, 0.25) is 0 Å². The third-order valence-electron chi connectivity index (χ3n) is 5.31. The highest BCUT2D eigenvalue weighted by molar-refractivity contribution is 5.55. The highest BCUT2D eigenvalue weighted by Crippen LogP contribution is 2.09. The fourth-order valence-corrected chi connectivity index (χ4v) is 3.49. The lowest BCUT2D eigenvalue weighted by Gasteiger charge is -2.23. The second kappa shape index (κ2) is 23.9. The highest BCUT2D eigenvalue weighted by atomic mass is 16.3. The minimum Gasteiger partial charge on any atom is -0.483 e. The molecule has 0 heterocycles. The van der Waals surface area contributed by atoms with Crippen LogP contribution in [0.5, 0.6) is 0 Å². The third-order valence-corrected chi connectivity index (χ3v) is 5.31. The monoisotopic (exact) mass is 456 g/mol. The molecule has 32 heavy (non-hydrogen) atoms. The zero-order valence-electron chi connectivity index (χ0n) is 21.0. The van der Waals surface area contributed by atoms with Crippen LogP contribution in [-0.4, -0.2) is 54.4 Å². The van der Waals surface area contributed by atoms with Gasteiger partial charge < -0.3 is 20.4 Å². The number of carboxylic acid groups (broad SMARTS) is 1. The van der Waals surface area contributed by atoms with Crippen molar-refractivity contribution in [3.05, 3.63) is 26.0 Å². The van der Waals surface area contributed by atoms with Crippen molar-refractivity contribution in [2.75, 3.05) is 38.1 Å². The molecule has 0 saturated carbocycles. The summed E-state index contributed by atoms with van der Waals surface area (Å²) in [6.45, 7) is 12.0. The third kappa shape index (κ3) is 16.0. The average Bonchev–Trinajstić information content (AvgIpc) is 2.81. The zero-order chi connectivity index (χ0) is 24.6. The molecular formula is C25H48N2O5. The summed E-state index contributed by atoms with van der Waals surface area (Å²) in [7, 11) is 0. The first kappa shape index (κ1) is 32.4. The minimum atomic E-state index is -0.361. The molecule has 0 aromatic heterocycles. The Morgan fingerprint density at radius 1 is 0.812 bits per heavy atom. The summed E-state index contributed by atoms with van der Waals surface area (Å²) in [5, 5.41) is 18.9. The molecule has 0 aliphatic rings. The molecule has 3 N–H and O–H groups in total. The van der Waals surface area contributed by atoms with Gasteiger partial charge in [-0.1, -0.05) is 65.7 Å². The summed E-state index contributed by atoms with van der Waals surface area (Å²) in [6.07, 6.45) is 13.2. The summed E-state index contributed by atoms with van der Waals surface area (Å²) in [6, 6.07) is 0. The van der Waals surface area contributed by atoms with E-state index in [0.717, 1.165) is 45.4 Å². The number of nitrogens with one attached hydrogen (secondary N) is 1. The van der Waals surface area contributed by atoms with E-state index in [0.29, 0.717) is 17.9 Å². The first-order chi connectivity index (χ1) is 15.5. The van der Waals surface area contributed by atoms with Gasteiger partial charge >= 0.3 is 0 Å². The van der Waals surface area contributed by atoms with E-state index in [4.69, 9.17) is 15.0 Å². The number of anilines is 1. The molecule has 0 aliphatic carbocycles. The Morgan fingerprint density at radius 3 is 1.78 bits per heavy atom. The van der Waals surface area contributed by atoms with Crippen molar-refractivity contribution in [1.29, 1.82) is 0 Å². The lowest BCUT2D eigenvalue weighted by molar-refractivity contribution is -0.122. The van der Waals surface area contributed by atoms with Crippen LogP contribution >= 0.6 is 0 Å². The molecule has 0 spiro atoms. The molecule has 0 radical (unpaired) electrons. The van der Waals surface area contributed by atoms with E-state index in [1.807, 2.05) is 13.8 Å². The van der Waals surface area contributed by atoms with Crippen molar-refractivity contribution in [3.63, 3.8) is 0 Å². The van der Waals surface area contributed by atoms with Gasteiger partial charge in [-0.05, 0) is 52.2 Å². The van der Waals surface area contributed by atoms with Gasteiger partial charge in [0.05, 0.1) is 5.69 Å². The highest BCUT2D eigenvalue weighted by Gasteiger charge is 2.15. The van der Waals surface area contributed by atoms with Crippen molar-refractivity contribution in [2.24, 2.45) is 0 Å². The maximum Gasteiger partial charge on any atom is 0.290 e. The first-order valence-electron chi connectivity index (χ1n) is 12.5. The number of rotatable bonds is 18. The fourth-order valence-electron chi connectivity index (χ4n) is 3.49. The van der Waals surface area contributed by atoms with Crippen molar-refractivity contribution < 1.29 is 15.0 Å². The number of aliphatic hydroxyl groups is 1. The van der Waals surface area contributed by atoms with Crippen LogP contribution in [0.3, 0.4) is 0 Å². The van der Waals surface area contributed by atoms with Gasteiger partial charge in [-0.25, -0.2) is 0 Å². The molecule has 0 saturated heterocycles. The molecule has 1 aromatic carbocycles. The summed E-state index contributed by atoms with van der Waals surface area (Å²) >= 11 is 0. The van der Waals surface area contributed by atoms with Gasteiger partial charge in [0.1, 0.15) is 0 Å². The van der Waals surface area contributed by atoms with Crippen LogP contribution in [0.15, 0.2) is 9.59 Å². The quantitative estimate of drug-likeness (QED) is 0.171. The van der Waals surface area contributed by atoms with Gasteiger partial charge in [-0.3, -0.25) is 14.4 Å². The zero-order valence-corrected chi connectivity index (χ0v) is 21.0. The van der Waals surface area contributed by atoms with E-state index in [2.05, 4.69) is 17.1 Å². The van der Waals surface area contributed by atoms with Gasteiger partial charge in [-0.2, -0.15) is 0 Å². The predicted octanol–water partition coefficient (Wildman–Crippen LogP) is 4.34. The van der Waals surface area contributed by atoms with Crippen molar-refractivity contribution in [3.8, 4) is 0 Å². The van der Waals surface area contributed by atoms with Gasteiger partial charge in [-0.15, -0.1) is 0 Å². The SMILES string of the molecule is CC.CCCCCCCCN(CCCCCCO)CCCNc1c(C)c(=O)c1=O.O=CO. The van der Waals surface area contributed by atoms with Gasteiger partial charge in [0.2, 0.25) is 10.9 Å². The van der Waals surface area contributed by atoms with Crippen LogP contribution in [-0.2, 0) is 4.79 Å². The lowest BCUT2D eigenvalue weighted by Crippen LogP contribution is -2.37. The van der Waals surface area contributed by atoms with Gasteiger partial charge in [0, 0.05) is 18.7 Å². The molecule has 0 aliphatic heterocycles. The Bertz CT molecular complexity index is 612. The van der Waals surface area contributed by atoms with Gasteiger partial charge in [0.25, 0.3) is 6.47 Å². The van der Waals surface area contributed by atoms with E-state index >= 15 is 0 Å². The largest absolute Gasteiger partial charge is 0.483 e. The van der Waals surface area contributed by atoms with Crippen LogP contribution in [0.4, 0.5) is 5.69 Å². The second-order valence-electron chi connectivity index (χ2n) is 7.79. The topological polar surface area (TPSA) is 107 Å². The Kier molecular flexibility index (Phi) is 24.3. The van der Waals surface area contributed by atoms with E-state index < -0.39 is 0 Å². The number of hydrogen-bond acceptors (Lipinski definition) is 6. The molecule has 7 nitrogen and oxygen atoms in total. The van der Waals surface area contributed by atoms with Crippen molar-refractivity contribution in [1.82, 2.24) is 4.90 Å². The fraction of sp³-hybridized carbons (Fsp3) is 0.800. The van der Waals surface area contributed by atoms with Gasteiger partial charge in [0.15, 0.2) is 0 Å². The predicted molar refractivity (Wildman–Crippen MR) is 135 cm³/mol. The molecule has 0 fully saturated rings. The van der Waals surface area contributed by atoms with E-state index in [9.17, 15) is 9.59 Å². The number of unbranched alkanes of at least 4 members (excludes halogenated alkanes) is 8. The molecule has 1 rings (SSSR count). The van der Waals surface area contributed by atoms with Crippen molar-refractivity contribution >= 4 is 12.2 Å². The van der Waals surface area contributed by atoms with Crippen LogP contribution < -0.4 is 16.2 Å². The van der Waals surface area contributed by atoms with Crippen LogP contribution in [0, 0.1) is 6.92 Å². The Labute approximate surface area is 194 Å². The van der Waals surface area contributed by atoms with E-state index in [1.54, 1.807) is 6.92 Å². The van der Waals surface area contributed by atoms with E-state index in [-0.39, 0.29) is 17.3 Å².